The summed E-state index contributed by atoms with van der Waals surface area (Å²) < 4.78 is 42.5. The molecule has 0 spiro atoms. The topological polar surface area (TPSA) is 49.3 Å². The van der Waals surface area contributed by atoms with E-state index in [0.29, 0.717) is 24.2 Å². The van der Waals surface area contributed by atoms with Crippen molar-refractivity contribution >= 4 is 27.4 Å². The Morgan fingerprint density at radius 1 is 0.938 bits per heavy atom. The number of rotatable bonds is 7. The van der Waals surface area contributed by atoms with Crippen LogP contribution in [0.5, 0.6) is 0 Å². The van der Waals surface area contributed by atoms with Crippen LogP contribution in [0.2, 0.25) is 0 Å². The number of halogens is 3. The SMILES string of the molecule is O=C(O)CCNCc1ccc2cc(-c3ccc(-c4ccccc4)c(C(F)(F)F)c3)sc2c1. The first kappa shape index (κ1) is 22.0. The predicted molar refractivity (Wildman–Crippen MR) is 122 cm³/mol. The number of alkyl halides is 3. The van der Waals surface area contributed by atoms with Gasteiger partial charge >= 0.3 is 12.1 Å². The highest BCUT2D eigenvalue weighted by molar-refractivity contribution is 7.22. The number of benzene rings is 3. The highest BCUT2D eigenvalue weighted by Gasteiger charge is 2.34. The zero-order chi connectivity index (χ0) is 22.7. The summed E-state index contributed by atoms with van der Waals surface area (Å²) in [5.41, 5.74) is 1.56. The molecule has 1 heterocycles. The van der Waals surface area contributed by atoms with Gasteiger partial charge in [-0.25, -0.2) is 0 Å². The van der Waals surface area contributed by atoms with Gasteiger partial charge in [0.15, 0.2) is 0 Å². The Morgan fingerprint density at radius 2 is 1.72 bits per heavy atom. The van der Waals surface area contributed by atoms with Gasteiger partial charge in [0.25, 0.3) is 0 Å². The van der Waals surface area contributed by atoms with Crippen molar-refractivity contribution in [3.05, 3.63) is 83.9 Å². The van der Waals surface area contributed by atoms with E-state index in [1.165, 1.54) is 23.5 Å². The minimum atomic E-state index is -4.47. The molecule has 2 N–H and O–H groups in total. The molecule has 164 valence electrons. The normalized spacial score (nSPS) is 11.7. The van der Waals surface area contributed by atoms with Gasteiger partial charge in [-0.1, -0.05) is 54.6 Å². The molecule has 3 nitrogen and oxygen atoms in total. The zero-order valence-corrected chi connectivity index (χ0v) is 17.8. The molecule has 0 aliphatic rings. The Kier molecular flexibility index (Phi) is 6.30. The fourth-order valence-electron chi connectivity index (χ4n) is 3.56. The smallest absolute Gasteiger partial charge is 0.417 e. The lowest BCUT2D eigenvalue weighted by Crippen LogP contribution is -2.17. The van der Waals surface area contributed by atoms with Crippen LogP contribution in [-0.2, 0) is 17.5 Å². The van der Waals surface area contributed by atoms with E-state index >= 15 is 0 Å². The minimum absolute atomic E-state index is 0.0475. The van der Waals surface area contributed by atoms with Crippen molar-refractivity contribution in [3.8, 4) is 21.6 Å². The standard InChI is InChI=1S/C25H20F3NO2S/c26-25(27,28)21-13-18(8-9-20(21)17-4-2-1-3-5-17)23-14-19-7-6-16(12-22(19)32-23)15-29-11-10-24(30)31/h1-9,12-14,29H,10-11,15H2,(H,30,31). The fraction of sp³-hybridized carbons (Fsp3) is 0.160. The van der Waals surface area contributed by atoms with Crippen molar-refractivity contribution in [2.75, 3.05) is 6.54 Å². The van der Waals surface area contributed by atoms with Crippen molar-refractivity contribution in [3.63, 3.8) is 0 Å². The number of hydrogen-bond acceptors (Lipinski definition) is 3. The Hall–Kier alpha value is -3.16. The second-order valence-corrected chi connectivity index (χ2v) is 8.51. The van der Waals surface area contributed by atoms with E-state index in [-0.39, 0.29) is 12.0 Å². The number of carboxylic acids is 1. The minimum Gasteiger partial charge on any atom is -0.481 e. The molecule has 0 amide bonds. The molecule has 0 aliphatic carbocycles. The molecule has 0 unspecified atom stereocenters. The van der Waals surface area contributed by atoms with Crippen molar-refractivity contribution in [2.24, 2.45) is 0 Å². The zero-order valence-electron chi connectivity index (χ0n) is 16.9. The molecule has 0 saturated carbocycles. The molecule has 0 saturated heterocycles. The van der Waals surface area contributed by atoms with Gasteiger partial charge < -0.3 is 10.4 Å². The highest BCUT2D eigenvalue weighted by Crippen LogP contribution is 2.41. The largest absolute Gasteiger partial charge is 0.481 e. The number of carboxylic acid groups (broad SMARTS) is 1. The van der Waals surface area contributed by atoms with Crippen molar-refractivity contribution in [1.82, 2.24) is 5.32 Å². The number of hydrogen-bond donors (Lipinski definition) is 2. The van der Waals surface area contributed by atoms with Crippen LogP contribution in [0.3, 0.4) is 0 Å². The molecule has 0 fully saturated rings. The molecule has 1 aromatic heterocycles. The molecular weight excluding hydrogens is 435 g/mol. The number of nitrogens with one attached hydrogen (secondary N) is 1. The molecular formula is C25H20F3NO2S. The summed E-state index contributed by atoms with van der Waals surface area (Å²) in [6.45, 7) is 0.900. The van der Waals surface area contributed by atoms with Crippen LogP contribution in [0.15, 0.2) is 72.8 Å². The van der Waals surface area contributed by atoms with Gasteiger partial charge in [0.2, 0.25) is 0 Å². The maximum Gasteiger partial charge on any atom is 0.417 e. The average molecular weight is 456 g/mol. The lowest BCUT2D eigenvalue weighted by Gasteiger charge is -2.14. The van der Waals surface area contributed by atoms with Crippen molar-refractivity contribution in [2.45, 2.75) is 19.1 Å². The molecule has 7 heteroatoms. The Bertz CT molecular complexity index is 1250. The molecule has 0 atom stereocenters. The van der Waals surface area contributed by atoms with Crippen molar-refractivity contribution < 1.29 is 23.1 Å². The van der Waals surface area contributed by atoms with Gasteiger partial charge in [-0.15, -0.1) is 11.3 Å². The van der Waals surface area contributed by atoms with Crippen LogP contribution in [0.25, 0.3) is 31.7 Å². The number of aliphatic carboxylic acids is 1. The quantitative estimate of drug-likeness (QED) is 0.301. The number of carbonyl (C=O) groups is 1. The maximum atomic E-state index is 13.8. The Balaban J connectivity index is 1.64. The summed E-state index contributed by atoms with van der Waals surface area (Å²) in [4.78, 5) is 11.4. The third-order valence-corrected chi connectivity index (χ3v) is 6.27. The highest BCUT2D eigenvalue weighted by atomic mass is 32.1. The van der Waals surface area contributed by atoms with Crippen LogP contribution in [0.1, 0.15) is 17.5 Å². The maximum absolute atomic E-state index is 13.8. The van der Waals surface area contributed by atoms with Gasteiger partial charge in [0.05, 0.1) is 12.0 Å². The predicted octanol–water partition coefficient (Wildman–Crippen LogP) is 6.82. The first-order valence-corrected chi connectivity index (χ1v) is 10.8. The summed E-state index contributed by atoms with van der Waals surface area (Å²) in [6, 6.07) is 20.8. The van der Waals surface area contributed by atoms with E-state index in [0.717, 1.165) is 20.5 Å². The molecule has 4 rings (SSSR count). The summed E-state index contributed by atoms with van der Waals surface area (Å²) in [5.74, 6) is -0.854. The third kappa shape index (κ3) is 5.00. The first-order valence-electron chi connectivity index (χ1n) is 10.0. The molecule has 3 aromatic carbocycles. The van der Waals surface area contributed by atoms with E-state index in [4.69, 9.17) is 5.11 Å². The van der Waals surface area contributed by atoms with E-state index in [2.05, 4.69) is 5.32 Å². The van der Waals surface area contributed by atoms with Crippen molar-refractivity contribution in [1.29, 1.82) is 0 Å². The Morgan fingerprint density at radius 3 is 2.44 bits per heavy atom. The van der Waals surface area contributed by atoms with Crippen LogP contribution in [0, 0.1) is 0 Å². The number of thiophene rings is 1. The summed E-state index contributed by atoms with van der Waals surface area (Å²) >= 11 is 1.44. The van der Waals surface area contributed by atoms with Gasteiger partial charge in [0.1, 0.15) is 0 Å². The van der Waals surface area contributed by atoms with Gasteiger partial charge in [0, 0.05) is 22.7 Å². The van der Waals surface area contributed by atoms with Gasteiger partial charge in [-0.2, -0.15) is 13.2 Å². The molecule has 0 radical (unpaired) electrons. The lowest BCUT2D eigenvalue weighted by atomic mass is 9.96. The van der Waals surface area contributed by atoms with E-state index in [9.17, 15) is 18.0 Å². The fourth-order valence-corrected chi connectivity index (χ4v) is 4.68. The third-order valence-electron chi connectivity index (χ3n) is 5.12. The summed E-state index contributed by atoms with van der Waals surface area (Å²) in [5, 5.41) is 12.7. The van der Waals surface area contributed by atoms with Gasteiger partial charge in [-0.05, 0) is 45.8 Å². The van der Waals surface area contributed by atoms with Crippen LogP contribution in [0.4, 0.5) is 13.2 Å². The number of fused-ring (bicyclic) bond motifs is 1. The van der Waals surface area contributed by atoms with Crippen LogP contribution in [-0.4, -0.2) is 17.6 Å². The van der Waals surface area contributed by atoms with E-state index in [1.807, 2.05) is 24.3 Å². The molecule has 4 aromatic rings. The Labute approximate surface area is 187 Å². The first-order chi connectivity index (χ1) is 15.3. The average Bonchev–Trinajstić information content (AvgIpc) is 3.20. The van der Waals surface area contributed by atoms with Gasteiger partial charge in [-0.3, -0.25) is 4.79 Å². The molecule has 0 aliphatic heterocycles. The van der Waals surface area contributed by atoms with Crippen LogP contribution < -0.4 is 5.32 Å². The lowest BCUT2D eigenvalue weighted by molar-refractivity contribution is -0.137. The monoisotopic (exact) mass is 455 g/mol. The summed E-state index contributed by atoms with van der Waals surface area (Å²) in [6.07, 6.45) is -4.42. The second-order valence-electron chi connectivity index (χ2n) is 7.43. The van der Waals surface area contributed by atoms with Crippen LogP contribution >= 0.6 is 11.3 Å². The van der Waals surface area contributed by atoms with E-state index < -0.39 is 17.7 Å². The molecule has 32 heavy (non-hydrogen) atoms. The summed E-state index contributed by atoms with van der Waals surface area (Å²) in [7, 11) is 0. The second kappa shape index (κ2) is 9.14. The van der Waals surface area contributed by atoms with E-state index in [1.54, 1.807) is 36.4 Å². The molecule has 0 bridgehead atoms.